The molecule has 0 aliphatic heterocycles. The monoisotopic (exact) mass is 238 g/mol. The molecule has 0 unspecified atom stereocenters. The highest BCUT2D eigenvalue weighted by atomic mass is 19.4. The van der Waals surface area contributed by atoms with Gasteiger partial charge in [-0.15, -0.1) is 0 Å². The van der Waals surface area contributed by atoms with E-state index < -0.39 is 30.5 Å². The van der Waals surface area contributed by atoms with Crippen LogP contribution in [-0.4, -0.2) is 24.7 Å². The van der Waals surface area contributed by atoms with E-state index in [1.807, 2.05) is 0 Å². The Morgan fingerprint density at radius 3 is 2.19 bits per heavy atom. The summed E-state index contributed by atoms with van der Waals surface area (Å²) in [5.41, 5.74) is -0.624. The van der Waals surface area contributed by atoms with Gasteiger partial charge in [0.2, 0.25) is 0 Å². The van der Waals surface area contributed by atoms with Gasteiger partial charge in [0.15, 0.2) is 0 Å². The largest absolute Gasteiger partial charge is 0.481 e. The molecule has 0 aromatic rings. The molecular weight excluding hydrogens is 222 g/mol. The van der Waals surface area contributed by atoms with Gasteiger partial charge in [-0.1, -0.05) is 18.7 Å². The van der Waals surface area contributed by atoms with Crippen molar-refractivity contribution in [3.63, 3.8) is 0 Å². The second-order valence-electron chi connectivity index (χ2n) is 5.20. The van der Waals surface area contributed by atoms with E-state index in [0.29, 0.717) is 0 Å². The highest BCUT2D eigenvalue weighted by Gasteiger charge is 2.44. The number of nitrogens with one attached hydrogen (secondary N) is 1. The highest BCUT2D eigenvalue weighted by molar-refractivity contribution is 6.60. The number of hydrogen-bond donors (Lipinski definition) is 1. The molecule has 1 N–H and O–H groups in total. The maximum absolute atomic E-state index is 12.2. The first kappa shape index (κ1) is 13.2. The lowest BCUT2D eigenvalue weighted by Gasteiger charge is -2.41. The third kappa shape index (κ3) is 3.94. The smallest absolute Gasteiger partial charge is 0.449 e. The molecule has 1 rings (SSSR count). The maximum atomic E-state index is 12.2. The van der Waals surface area contributed by atoms with Crippen molar-refractivity contribution in [3.05, 3.63) is 0 Å². The van der Waals surface area contributed by atoms with Crippen LogP contribution in [0.25, 0.3) is 0 Å². The highest BCUT2D eigenvalue weighted by Crippen LogP contribution is 2.43. The fraction of sp³-hybridized carbons (Fsp3) is 0.889. The molecule has 1 fully saturated rings. The van der Waals surface area contributed by atoms with E-state index in [2.05, 4.69) is 5.32 Å². The lowest BCUT2D eigenvalue weighted by atomic mass is 9.59. The second-order valence-corrected chi connectivity index (χ2v) is 5.20. The Bertz CT molecular complexity index is 269. The van der Waals surface area contributed by atoms with Gasteiger partial charge in [-0.2, -0.15) is 0 Å². The lowest BCUT2D eigenvalue weighted by Crippen LogP contribution is -2.48. The number of ether oxygens (including phenoxy) is 1. The molecule has 16 heavy (non-hydrogen) atoms. The van der Waals surface area contributed by atoms with E-state index >= 15 is 0 Å². The SMILES string of the molecule is CC(C)(C)OC(=O)NC1CC([B-](F)(F)F)C1. The molecular formula is C9H16BF3NO2-. The van der Waals surface area contributed by atoms with Crippen molar-refractivity contribution in [2.24, 2.45) is 0 Å². The molecule has 0 spiro atoms. The summed E-state index contributed by atoms with van der Waals surface area (Å²) in [6.07, 6.45) is -0.698. The normalized spacial score (nSPS) is 25.9. The molecule has 1 aliphatic carbocycles. The zero-order valence-electron chi connectivity index (χ0n) is 9.60. The molecule has 0 bridgehead atoms. The number of hydrogen-bond acceptors (Lipinski definition) is 2. The minimum atomic E-state index is -4.76. The Morgan fingerprint density at radius 1 is 1.31 bits per heavy atom. The van der Waals surface area contributed by atoms with Gasteiger partial charge in [-0.3, -0.25) is 0 Å². The molecule has 0 saturated heterocycles. The molecule has 94 valence electrons. The summed E-state index contributed by atoms with van der Waals surface area (Å²) in [4.78, 5) is 11.2. The topological polar surface area (TPSA) is 38.3 Å². The zero-order chi connectivity index (χ0) is 12.6. The summed E-state index contributed by atoms with van der Waals surface area (Å²) in [6.45, 7) is 0.352. The average molecular weight is 238 g/mol. The Morgan fingerprint density at radius 2 is 1.81 bits per heavy atom. The van der Waals surface area contributed by atoms with E-state index in [9.17, 15) is 17.7 Å². The molecule has 1 saturated carbocycles. The van der Waals surface area contributed by atoms with Crippen LogP contribution in [0, 0.1) is 0 Å². The summed E-state index contributed by atoms with van der Waals surface area (Å²) >= 11 is 0. The summed E-state index contributed by atoms with van der Waals surface area (Å²) in [6, 6.07) is -0.400. The molecule has 0 heterocycles. The Hall–Kier alpha value is -0.875. The lowest BCUT2D eigenvalue weighted by molar-refractivity contribution is 0.0474. The van der Waals surface area contributed by atoms with Crippen molar-refractivity contribution in [2.75, 3.05) is 0 Å². The third-order valence-electron chi connectivity index (χ3n) is 2.43. The van der Waals surface area contributed by atoms with E-state index in [0.717, 1.165) is 0 Å². The van der Waals surface area contributed by atoms with Gasteiger partial charge >= 0.3 is 13.1 Å². The summed E-state index contributed by atoms with van der Waals surface area (Å²) in [5, 5.41) is 2.42. The van der Waals surface area contributed by atoms with Gasteiger partial charge in [0.05, 0.1) is 0 Å². The van der Waals surface area contributed by atoms with Crippen LogP contribution in [0.3, 0.4) is 0 Å². The Balaban J connectivity index is 2.25. The summed E-state index contributed by atoms with van der Waals surface area (Å²) in [5.74, 6) is -1.22. The van der Waals surface area contributed by atoms with Crippen LogP contribution in [0.1, 0.15) is 33.6 Å². The molecule has 0 aromatic heterocycles. The van der Waals surface area contributed by atoms with E-state index in [1.54, 1.807) is 20.8 Å². The molecule has 0 atom stereocenters. The molecule has 1 amide bonds. The van der Waals surface area contributed by atoms with Crippen LogP contribution in [0.4, 0.5) is 17.7 Å². The van der Waals surface area contributed by atoms with Gasteiger partial charge in [0, 0.05) is 6.04 Å². The number of amides is 1. The Kier molecular flexibility index (Phi) is 3.45. The van der Waals surface area contributed by atoms with Crippen molar-refractivity contribution in [3.8, 4) is 0 Å². The maximum Gasteiger partial charge on any atom is 0.481 e. The first-order valence-corrected chi connectivity index (χ1v) is 5.27. The quantitative estimate of drug-likeness (QED) is 0.751. The molecule has 1 aliphatic rings. The van der Waals surface area contributed by atoms with Crippen LogP contribution < -0.4 is 5.32 Å². The predicted molar refractivity (Wildman–Crippen MR) is 55.2 cm³/mol. The summed E-state index contributed by atoms with van der Waals surface area (Å²) < 4.78 is 41.5. The van der Waals surface area contributed by atoms with E-state index in [1.165, 1.54) is 0 Å². The van der Waals surface area contributed by atoms with Crippen molar-refractivity contribution < 1.29 is 22.5 Å². The van der Waals surface area contributed by atoms with Crippen LogP contribution in [-0.2, 0) is 4.74 Å². The van der Waals surface area contributed by atoms with Crippen molar-refractivity contribution in [2.45, 2.75) is 51.1 Å². The second kappa shape index (κ2) is 4.18. The first-order valence-electron chi connectivity index (χ1n) is 5.27. The minimum absolute atomic E-state index is 0.0251. The van der Waals surface area contributed by atoms with Crippen molar-refractivity contribution in [1.82, 2.24) is 5.32 Å². The number of carbonyl (C=O) groups excluding carboxylic acids is 1. The molecule has 3 nitrogen and oxygen atoms in total. The van der Waals surface area contributed by atoms with Crippen LogP contribution in [0.2, 0.25) is 5.82 Å². The fourth-order valence-corrected chi connectivity index (χ4v) is 1.56. The summed E-state index contributed by atoms with van der Waals surface area (Å²) in [7, 11) is 0. The number of rotatable bonds is 2. The standard InChI is InChI=1S/C9H16BF3NO2/c1-9(2,3)16-8(15)14-7-4-6(5-7)10(11,12)13/h6-7H,4-5H2,1-3H3,(H,14,15)/q-1. The number of halogens is 3. The van der Waals surface area contributed by atoms with E-state index in [4.69, 9.17) is 4.74 Å². The van der Waals surface area contributed by atoms with E-state index in [-0.39, 0.29) is 12.8 Å². The molecule has 7 heteroatoms. The van der Waals surface area contributed by atoms with Gasteiger partial charge in [-0.25, -0.2) is 4.79 Å². The number of alkyl carbamates (subject to hydrolysis) is 1. The third-order valence-corrected chi connectivity index (χ3v) is 2.43. The first-order chi connectivity index (χ1) is 7.08. The predicted octanol–water partition coefficient (Wildman–Crippen LogP) is 2.89. The average Bonchev–Trinajstić information content (AvgIpc) is 1.89. The minimum Gasteiger partial charge on any atom is -0.449 e. The number of carbonyl (C=O) groups is 1. The van der Waals surface area contributed by atoms with Crippen LogP contribution in [0.15, 0.2) is 0 Å². The van der Waals surface area contributed by atoms with Gasteiger partial charge < -0.3 is 23.0 Å². The van der Waals surface area contributed by atoms with Gasteiger partial charge in [-0.05, 0) is 20.8 Å². The van der Waals surface area contributed by atoms with Crippen molar-refractivity contribution >= 4 is 13.1 Å². The fourth-order valence-electron chi connectivity index (χ4n) is 1.56. The zero-order valence-corrected chi connectivity index (χ0v) is 9.60. The Labute approximate surface area is 92.8 Å². The van der Waals surface area contributed by atoms with Crippen LogP contribution >= 0.6 is 0 Å². The van der Waals surface area contributed by atoms with Crippen LogP contribution in [0.5, 0.6) is 0 Å². The molecule has 0 aromatic carbocycles. The van der Waals surface area contributed by atoms with Gasteiger partial charge in [0.25, 0.3) is 0 Å². The van der Waals surface area contributed by atoms with Gasteiger partial charge in [0.1, 0.15) is 5.60 Å². The van der Waals surface area contributed by atoms with Crippen molar-refractivity contribution in [1.29, 1.82) is 0 Å². The molecule has 0 radical (unpaired) electrons.